The Morgan fingerprint density at radius 3 is 1.97 bits per heavy atom. The molecule has 0 saturated carbocycles. The summed E-state index contributed by atoms with van der Waals surface area (Å²) < 4.78 is 26.9. The third kappa shape index (κ3) is 8.44. The topological polar surface area (TPSA) is 156 Å². The van der Waals surface area contributed by atoms with Crippen LogP contribution in [-0.2, 0) is 48.3 Å². The van der Waals surface area contributed by atoms with Gasteiger partial charge in [-0.3, -0.25) is 19.2 Å². The number of esters is 4. The molecule has 0 aliphatic carbocycles. The standard InChI is InChI=1S/C26H36N2O10/c1-13-10-9-11-18(26(6,7)8)20(13)27-25(33)28-21-23(36-16(4)31)22(35-15(3)30)19(12-34-14(2)29)38-24(21)37-17(5)32/h9-11,19,21-24H,12H2,1-8H3,(H2,27,28,33)/t19-,21-,22-,23-,24-/m1/s1. The van der Waals surface area contributed by atoms with Gasteiger partial charge in [0.2, 0.25) is 6.29 Å². The second kappa shape index (κ2) is 12.7. The van der Waals surface area contributed by atoms with Crippen LogP contribution < -0.4 is 10.6 Å². The molecule has 2 amide bonds. The maximum atomic E-state index is 13.3. The molecule has 12 nitrogen and oxygen atoms in total. The molecule has 1 heterocycles. The van der Waals surface area contributed by atoms with E-state index in [1.54, 1.807) is 0 Å². The smallest absolute Gasteiger partial charge is 0.319 e. The van der Waals surface area contributed by atoms with Crippen molar-refractivity contribution in [3.05, 3.63) is 29.3 Å². The van der Waals surface area contributed by atoms with Crippen molar-refractivity contribution in [1.82, 2.24) is 5.32 Å². The van der Waals surface area contributed by atoms with E-state index in [4.69, 9.17) is 23.7 Å². The van der Waals surface area contributed by atoms with Gasteiger partial charge in [0.1, 0.15) is 18.8 Å². The zero-order chi connectivity index (χ0) is 28.8. The molecule has 0 aromatic heterocycles. The number of ether oxygens (including phenoxy) is 5. The molecule has 0 spiro atoms. The SMILES string of the molecule is CC(=O)OC[C@H]1O[C@@H](OC(C)=O)[C@H](NC(=O)Nc2c(C)cccc2C(C)(C)C)[C@@H](OC(C)=O)[C@@H]1OC(C)=O. The van der Waals surface area contributed by atoms with Gasteiger partial charge in [-0.25, -0.2) is 4.79 Å². The number of nitrogens with one attached hydrogen (secondary N) is 2. The molecule has 0 unspecified atom stereocenters. The summed E-state index contributed by atoms with van der Waals surface area (Å²) in [4.78, 5) is 60.5. The number of benzene rings is 1. The Kier molecular flexibility index (Phi) is 10.2. The van der Waals surface area contributed by atoms with Gasteiger partial charge in [-0.15, -0.1) is 0 Å². The van der Waals surface area contributed by atoms with E-state index in [0.717, 1.165) is 31.9 Å². The first-order chi connectivity index (χ1) is 17.6. The highest BCUT2D eigenvalue weighted by molar-refractivity contribution is 5.91. The molecule has 12 heteroatoms. The van der Waals surface area contributed by atoms with Crippen LogP contribution in [0, 0.1) is 6.92 Å². The summed E-state index contributed by atoms with van der Waals surface area (Å²) in [7, 11) is 0. The van der Waals surface area contributed by atoms with Crippen molar-refractivity contribution < 1.29 is 47.7 Å². The average Bonchev–Trinajstić information content (AvgIpc) is 2.76. The molecule has 1 aliphatic rings. The lowest BCUT2D eigenvalue weighted by molar-refractivity contribution is -0.270. The lowest BCUT2D eigenvalue weighted by Crippen LogP contribution is -2.67. The van der Waals surface area contributed by atoms with Crippen molar-refractivity contribution in [3.8, 4) is 0 Å². The first kappa shape index (κ1) is 30.6. The Hall–Kier alpha value is -3.67. The largest absolute Gasteiger partial charge is 0.463 e. The Bertz CT molecular complexity index is 1060. The van der Waals surface area contributed by atoms with Gasteiger partial charge < -0.3 is 34.3 Å². The third-order valence-corrected chi connectivity index (χ3v) is 5.60. The maximum absolute atomic E-state index is 13.3. The lowest BCUT2D eigenvalue weighted by Gasteiger charge is -2.44. The number of para-hydroxylation sites is 1. The number of urea groups is 1. The minimum Gasteiger partial charge on any atom is -0.463 e. The predicted molar refractivity (Wildman–Crippen MR) is 134 cm³/mol. The summed E-state index contributed by atoms with van der Waals surface area (Å²) in [6, 6.07) is 3.60. The highest BCUT2D eigenvalue weighted by Gasteiger charge is 2.52. The molecule has 1 fully saturated rings. The van der Waals surface area contributed by atoms with Crippen LogP contribution in [0.25, 0.3) is 0 Å². The van der Waals surface area contributed by atoms with E-state index < -0.39 is 67.2 Å². The number of hydrogen-bond acceptors (Lipinski definition) is 10. The second-order valence-corrected chi connectivity index (χ2v) is 9.97. The number of anilines is 1. The van der Waals surface area contributed by atoms with E-state index >= 15 is 0 Å². The molecular weight excluding hydrogens is 500 g/mol. The minimum atomic E-state index is -1.48. The normalized spacial score (nSPS) is 23.0. The molecule has 1 aromatic rings. The van der Waals surface area contributed by atoms with Gasteiger partial charge in [-0.05, 0) is 23.5 Å². The highest BCUT2D eigenvalue weighted by atomic mass is 16.7. The van der Waals surface area contributed by atoms with Crippen LogP contribution in [0.3, 0.4) is 0 Å². The summed E-state index contributed by atoms with van der Waals surface area (Å²) >= 11 is 0. The van der Waals surface area contributed by atoms with E-state index in [9.17, 15) is 24.0 Å². The molecule has 210 valence electrons. The second-order valence-electron chi connectivity index (χ2n) is 9.97. The van der Waals surface area contributed by atoms with Gasteiger partial charge >= 0.3 is 29.9 Å². The molecule has 2 N–H and O–H groups in total. The molecule has 0 bridgehead atoms. The van der Waals surface area contributed by atoms with Crippen LogP contribution in [-0.4, -0.2) is 67.2 Å². The fourth-order valence-corrected chi connectivity index (χ4v) is 4.08. The number of rotatable bonds is 7. The van der Waals surface area contributed by atoms with Crippen LogP contribution in [0.2, 0.25) is 0 Å². The maximum Gasteiger partial charge on any atom is 0.319 e. The fraction of sp³-hybridized carbons (Fsp3) is 0.577. The molecule has 0 radical (unpaired) electrons. The third-order valence-electron chi connectivity index (χ3n) is 5.60. The fourth-order valence-electron chi connectivity index (χ4n) is 4.08. The van der Waals surface area contributed by atoms with Crippen molar-refractivity contribution in [2.75, 3.05) is 11.9 Å². The van der Waals surface area contributed by atoms with Crippen molar-refractivity contribution in [1.29, 1.82) is 0 Å². The number of aryl methyl sites for hydroxylation is 1. The average molecular weight is 537 g/mol. The van der Waals surface area contributed by atoms with E-state index in [1.807, 2.05) is 45.9 Å². The number of hydrogen-bond donors (Lipinski definition) is 2. The Morgan fingerprint density at radius 2 is 1.45 bits per heavy atom. The van der Waals surface area contributed by atoms with Gasteiger partial charge in [0.25, 0.3) is 0 Å². The number of carbonyl (C=O) groups is 5. The zero-order valence-corrected chi connectivity index (χ0v) is 22.9. The van der Waals surface area contributed by atoms with Crippen molar-refractivity contribution in [2.24, 2.45) is 0 Å². The van der Waals surface area contributed by atoms with E-state index in [2.05, 4.69) is 10.6 Å². The van der Waals surface area contributed by atoms with Crippen LogP contribution in [0.1, 0.15) is 59.6 Å². The minimum absolute atomic E-state index is 0.298. The molecule has 2 rings (SSSR count). The molecule has 1 aliphatic heterocycles. The van der Waals surface area contributed by atoms with Crippen molar-refractivity contribution >= 4 is 35.6 Å². The first-order valence-electron chi connectivity index (χ1n) is 12.1. The van der Waals surface area contributed by atoms with Crippen LogP contribution in [0.15, 0.2) is 18.2 Å². The van der Waals surface area contributed by atoms with Crippen molar-refractivity contribution in [2.45, 2.75) is 91.4 Å². The van der Waals surface area contributed by atoms with Crippen LogP contribution in [0.5, 0.6) is 0 Å². The monoisotopic (exact) mass is 536 g/mol. The molecular formula is C26H36N2O10. The van der Waals surface area contributed by atoms with E-state index in [1.165, 1.54) is 6.92 Å². The summed E-state index contributed by atoms with van der Waals surface area (Å²) in [5.41, 5.74) is 1.96. The predicted octanol–water partition coefficient (Wildman–Crippen LogP) is 2.50. The quantitative estimate of drug-likeness (QED) is 0.392. The van der Waals surface area contributed by atoms with E-state index in [0.29, 0.717) is 5.69 Å². The Balaban J connectivity index is 2.47. The lowest BCUT2D eigenvalue weighted by atomic mass is 9.84. The number of amides is 2. The van der Waals surface area contributed by atoms with Crippen LogP contribution in [0.4, 0.5) is 10.5 Å². The van der Waals surface area contributed by atoms with Gasteiger partial charge in [0.15, 0.2) is 12.2 Å². The first-order valence-corrected chi connectivity index (χ1v) is 12.1. The molecule has 5 atom stereocenters. The van der Waals surface area contributed by atoms with Gasteiger partial charge in [-0.1, -0.05) is 39.0 Å². The van der Waals surface area contributed by atoms with Gasteiger partial charge in [0.05, 0.1) is 0 Å². The van der Waals surface area contributed by atoms with Gasteiger partial charge in [0, 0.05) is 33.4 Å². The Morgan fingerprint density at radius 1 is 0.868 bits per heavy atom. The van der Waals surface area contributed by atoms with Crippen LogP contribution >= 0.6 is 0 Å². The van der Waals surface area contributed by atoms with Crippen molar-refractivity contribution in [3.63, 3.8) is 0 Å². The Labute approximate surface area is 221 Å². The number of carbonyl (C=O) groups excluding carboxylic acids is 5. The zero-order valence-electron chi connectivity index (χ0n) is 22.9. The molecule has 38 heavy (non-hydrogen) atoms. The molecule has 1 saturated heterocycles. The summed E-state index contributed by atoms with van der Waals surface area (Å²) in [5, 5.41) is 5.47. The summed E-state index contributed by atoms with van der Waals surface area (Å²) in [5.74, 6) is -2.90. The summed E-state index contributed by atoms with van der Waals surface area (Å²) in [6.07, 6.45) is -5.33. The highest BCUT2D eigenvalue weighted by Crippen LogP contribution is 2.32. The van der Waals surface area contributed by atoms with E-state index in [-0.39, 0.29) is 5.41 Å². The van der Waals surface area contributed by atoms with Gasteiger partial charge in [-0.2, -0.15) is 0 Å². The summed E-state index contributed by atoms with van der Waals surface area (Å²) in [6.45, 7) is 12.0. The molecule has 1 aromatic carbocycles.